The Kier molecular flexibility index (Phi) is 26.9. The van der Waals surface area contributed by atoms with Crippen LogP contribution >= 0.6 is 0 Å². The van der Waals surface area contributed by atoms with Crippen molar-refractivity contribution in [3.05, 3.63) is 0 Å². The van der Waals surface area contributed by atoms with Gasteiger partial charge in [0.1, 0.15) is 195 Å². The lowest BCUT2D eigenvalue weighted by atomic mass is 9.94. The zero-order valence-electron chi connectivity index (χ0n) is 48.5. The molecule has 8 rings (SSSR count). The van der Waals surface area contributed by atoms with Gasteiger partial charge < -0.3 is 204 Å². The summed E-state index contributed by atoms with van der Waals surface area (Å²) in [4.78, 5) is 12.2. The Morgan fingerprint density at radius 3 is 0.957 bits per heavy atom. The number of ether oxygens (including phenoxy) is 15. The Balaban J connectivity index is 1.09. The highest BCUT2D eigenvalue weighted by atomic mass is 16.8. The smallest absolute Gasteiger partial charge is 0.217 e. The molecule has 40 atom stereocenters. The van der Waals surface area contributed by atoms with Crippen molar-refractivity contribution < 1.29 is 204 Å². The standard InChI is InChI=1S/C50H85NO41/c1-10(59)51-19-27(67)37(17(8-58)79-43(19)77)87-48-36(76)40(26(66)18(86-48)9-78-44-34(74)38(24(64)15(6-56)80-44)88-45-32(72)28(68)20(60)11(2-52)81-45)90-49-42(31(71)23(63)13(4-54)84-49)92-50-41(30(70)22(62)14(5-55)85-50)91-47-35(75)39(25(65)16(7-57)83-47)89-46-33(73)29(69)21(61)12(3-53)82-46/h11-50,52-58,60-77H,2-9H2,1H3,(H,51,59)/t11-,12-,13-,14-,15-,16-,17-,18-,19-,20-,21-,22-,23-,24-,25-,26-,27-,28+,29+,30+,31+,32+,33-,34+,35+,36+,37-,38+,39+,40+,41+,42+,43?,44+,45-,46-,47-,48+,49-,50-/m1/s1. The van der Waals surface area contributed by atoms with E-state index in [-0.39, 0.29) is 0 Å². The quantitative estimate of drug-likeness (QED) is 0.0452. The van der Waals surface area contributed by atoms with Gasteiger partial charge in [-0.25, -0.2) is 0 Å². The average molecular weight is 1360 g/mol. The highest BCUT2D eigenvalue weighted by molar-refractivity contribution is 5.73. The molecule has 0 aromatic rings. The molecule has 8 saturated heterocycles. The fourth-order valence-electron chi connectivity index (χ4n) is 11.7. The van der Waals surface area contributed by atoms with Crippen molar-refractivity contribution in [2.45, 2.75) is 253 Å². The number of nitrogens with one attached hydrogen (secondary N) is 1. The van der Waals surface area contributed by atoms with E-state index >= 15 is 0 Å². The van der Waals surface area contributed by atoms with Gasteiger partial charge in [0.05, 0.1) is 52.9 Å². The second-order valence-electron chi connectivity index (χ2n) is 23.1. The van der Waals surface area contributed by atoms with Crippen molar-refractivity contribution in [1.82, 2.24) is 5.32 Å². The molecule has 8 fully saturated rings. The van der Waals surface area contributed by atoms with Crippen LogP contribution in [0.5, 0.6) is 0 Å². The first kappa shape index (κ1) is 75.6. The average Bonchev–Trinajstić information content (AvgIpc) is 0.787. The normalized spacial score (nSPS) is 52.2. The van der Waals surface area contributed by atoms with Crippen molar-refractivity contribution in [3.8, 4) is 0 Å². The monoisotopic (exact) mass is 1360 g/mol. The van der Waals surface area contributed by atoms with E-state index in [1.165, 1.54) is 0 Å². The summed E-state index contributed by atoms with van der Waals surface area (Å²) in [5.41, 5.74) is 0. The van der Waals surface area contributed by atoms with E-state index in [2.05, 4.69) is 5.32 Å². The molecule has 0 bridgehead atoms. The second-order valence-corrected chi connectivity index (χ2v) is 23.1. The molecular formula is C50H85NO41. The lowest BCUT2D eigenvalue weighted by molar-refractivity contribution is -0.410. The maximum absolute atomic E-state index is 12.2. The van der Waals surface area contributed by atoms with E-state index in [0.29, 0.717) is 0 Å². The van der Waals surface area contributed by atoms with E-state index < -0.39 is 304 Å². The molecule has 92 heavy (non-hydrogen) atoms. The Labute approximate surface area is 519 Å². The third-order valence-electron chi connectivity index (χ3n) is 17.0. The van der Waals surface area contributed by atoms with Crippen molar-refractivity contribution in [2.24, 2.45) is 0 Å². The Morgan fingerprint density at radius 1 is 0.283 bits per heavy atom. The second kappa shape index (κ2) is 32.7. The number of aliphatic hydroxyl groups excluding tert-OH is 25. The summed E-state index contributed by atoms with van der Waals surface area (Å²) >= 11 is 0. The summed E-state index contributed by atoms with van der Waals surface area (Å²) in [6.07, 6.45) is -81.0. The first-order chi connectivity index (χ1) is 43.6. The predicted octanol–water partition coefficient (Wildman–Crippen LogP) is -18.3. The van der Waals surface area contributed by atoms with E-state index in [1.807, 2.05) is 0 Å². The molecule has 536 valence electrons. The first-order valence-electron chi connectivity index (χ1n) is 29.2. The number of hydrogen-bond acceptors (Lipinski definition) is 41. The van der Waals surface area contributed by atoms with Gasteiger partial charge in [-0.15, -0.1) is 0 Å². The van der Waals surface area contributed by atoms with E-state index in [4.69, 9.17) is 71.1 Å². The summed E-state index contributed by atoms with van der Waals surface area (Å²) in [5.74, 6) is -0.820. The van der Waals surface area contributed by atoms with Gasteiger partial charge in [0.2, 0.25) is 5.91 Å². The molecule has 42 nitrogen and oxygen atoms in total. The number of amides is 1. The Bertz CT molecular complexity index is 2260. The van der Waals surface area contributed by atoms with Crippen LogP contribution in [0.3, 0.4) is 0 Å². The molecule has 1 amide bonds. The molecule has 26 N–H and O–H groups in total. The summed E-state index contributed by atoms with van der Waals surface area (Å²) in [6.45, 7) is -7.40. The van der Waals surface area contributed by atoms with Gasteiger partial charge in [-0.05, 0) is 0 Å². The third kappa shape index (κ3) is 15.8. The van der Waals surface area contributed by atoms with Crippen LogP contribution in [0.4, 0.5) is 0 Å². The van der Waals surface area contributed by atoms with Crippen LogP contribution in [0, 0.1) is 0 Å². The van der Waals surface area contributed by atoms with Gasteiger partial charge in [-0.1, -0.05) is 0 Å². The topological polar surface area (TPSA) is 673 Å². The SMILES string of the molecule is CC(=O)N[C@H]1C(O)O[C@H](CO)[C@@H](O[C@@H]2O[C@H](CO[C@H]3O[C@H](CO)[C@@H](O)[C@H](O[C@H]4O[C@H](CO)[C@@H](O)[C@H](O)[C@@H]4O)[C@@H]3O)[C@@H](O)[C@H](O[C@H]3O[C@H](CO)[C@@H](O)[C@H](O)[C@@H]3O[C@H]3O[C@H](CO)[C@@H](O)[C@H](O)[C@@H]3O[C@H]3O[C@H](CO)[C@@H](O)[C@H](O[C@H]4O[C@H](CO)[C@@H](O)[C@H](O)[C@H]4O)[C@@H]3O)[C@@H]2O)[C@@H]1O. The van der Waals surface area contributed by atoms with Gasteiger partial charge in [-0.3, -0.25) is 4.79 Å². The van der Waals surface area contributed by atoms with Crippen LogP contribution in [0.1, 0.15) is 6.92 Å². The number of carbonyl (C=O) groups excluding carboxylic acids is 1. The van der Waals surface area contributed by atoms with Crippen molar-refractivity contribution >= 4 is 5.91 Å². The largest absolute Gasteiger partial charge is 0.394 e. The first-order valence-corrected chi connectivity index (χ1v) is 29.2. The third-order valence-corrected chi connectivity index (χ3v) is 17.0. The fraction of sp³-hybridized carbons (Fsp3) is 0.980. The summed E-state index contributed by atoms with van der Waals surface area (Å²) in [5, 5.41) is 274. The summed E-state index contributed by atoms with van der Waals surface area (Å²) < 4.78 is 85.9. The maximum Gasteiger partial charge on any atom is 0.217 e. The predicted molar refractivity (Wildman–Crippen MR) is 276 cm³/mol. The van der Waals surface area contributed by atoms with Gasteiger partial charge in [-0.2, -0.15) is 0 Å². The molecule has 8 aliphatic heterocycles. The van der Waals surface area contributed by atoms with Crippen molar-refractivity contribution in [1.29, 1.82) is 0 Å². The zero-order chi connectivity index (χ0) is 67.6. The van der Waals surface area contributed by atoms with Crippen LogP contribution < -0.4 is 5.32 Å². The zero-order valence-corrected chi connectivity index (χ0v) is 48.5. The number of aliphatic hydroxyl groups is 25. The molecular weight excluding hydrogens is 1270 g/mol. The minimum Gasteiger partial charge on any atom is -0.394 e. The van der Waals surface area contributed by atoms with Crippen LogP contribution in [0.25, 0.3) is 0 Å². The molecule has 1 unspecified atom stereocenters. The number of hydrogen-bond donors (Lipinski definition) is 26. The molecule has 0 saturated carbocycles. The van der Waals surface area contributed by atoms with Gasteiger partial charge in [0, 0.05) is 6.92 Å². The molecule has 0 aromatic heterocycles. The van der Waals surface area contributed by atoms with Crippen LogP contribution in [0.15, 0.2) is 0 Å². The Morgan fingerprint density at radius 2 is 0.565 bits per heavy atom. The minimum atomic E-state index is -2.45. The van der Waals surface area contributed by atoms with E-state index in [1.54, 1.807) is 0 Å². The molecule has 8 aliphatic rings. The van der Waals surface area contributed by atoms with Crippen molar-refractivity contribution in [2.75, 3.05) is 52.9 Å². The molecule has 8 heterocycles. The van der Waals surface area contributed by atoms with E-state index in [9.17, 15) is 132 Å². The van der Waals surface area contributed by atoms with Crippen LogP contribution in [-0.2, 0) is 75.8 Å². The van der Waals surface area contributed by atoms with Gasteiger partial charge in [0.25, 0.3) is 0 Å². The van der Waals surface area contributed by atoms with Crippen LogP contribution in [0.2, 0.25) is 0 Å². The lowest BCUT2D eigenvalue weighted by Gasteiger charge is -2.50. The molecule has 0 aromatic carbocycles. The Hall–Kier alpha value is -2.13. The van der Waals surface area contributed by atoms with Crippen molar-refractivity contribution in [3.63, 3.8) is 0 Å². The molecule has 0 aliphatic carbocycles. The number of rotatable bonds is 23. The highest BCUT2D eigenvalue weighted by Gasteiger charge is 2.60. The summed E-state index contributed by atoms with van der Waals surface area (Å²) in [6, 6.07) is -1.71. The highest BCUT2D eigenvalue weighted by Crippen LogP contribution is 2.39. The summed E-state index contributed by atoms with van der Waals surface area (Å²) in [7, 11) is 0. The van der Waals surface area contributed by atoms with Crippen LogP contribution in [-0.4, -0.2) is 432 Å². The fourth-order valence-corrected chi connectivity index (χ4v) is 11.7. The lowest BCUT2D eigenvalue weighted by Crippen LogP contribution is -2.69. The molecule has 0 radical (unpaired) electrons. The van der Waals surface area contributed by atoms with E-state index in [0.717, 1.165) is 6.92 Å². The molecule has 42 heteroatoms. The van der Waals surface area contributed by atoms with Gasteiger partial charge >= 0.3 is 0 Å². The minimum absolute atomic E-state index is 0.820. The van der Waals surface area contributed by atoms with Gasteiger partial charge in [0.15, 0.2) is 50.3 Å². The number of carbonyl (C=O) groups is 1. The molecule has 0 spiro atoms. The maximum atomic E-state index is 12.2.